The SMILES string of the molecule is C\C=C/C(Cl)=C\C=C\C=C\c1[nH]c2cc(Br)ccc2c1C(=O)NCCN1CCNCC1. The van der Waals surface area contributed by atoms with Crippen LogP contribution in [-0.2, 0) is 0 Å². The molecule has 1 aromatic heterocycles. The third-order valence-electron chi connectivity index (χ3n) is 5.01. The molecule has 3 rings (SSSR count). The molecule has 1 aliphatic rings. The van der Waals surface area contributed by atoms with Crippen molar-refractivity contribution in [3.8, 4) is 0 Å². The van der Waals surface area contributed by atoms with Gasteiger partial charge in [0.1, 0.15) is 0 Å². The largest absolute Gasteiger partial charge is 0.354 e. The number of nitrogens with one attached hydrogen (secondary N) is 3. The summed E-state index contributed by atoms with van der Waals surface area (Å²) in [6.45, 7) is 7.44. The molecule has 0 aliphatic carbocycles. The van der Waals surface area contributed by atoms with E-state index >= 15 is 0 Å². The van der Waals surface area contributed by atoms with Crippen molar-refractivity contribution in [1.29, 1.82) is 0 Å². The molecule has 31 heavy (non-hydrogen) atoms. The number of nitrogens with zero attached hydrogens (tertiary/aromatic N) is 1. The van der Waals surface area contributed by atoms with Crippen LogP contribution in [0.3, 0.4) is 0 Å². The minimum Gasteiger partial charge on any atom is -0.354 e. The number of H-pyrrole nitrogens is 1. The van der Waals surface area contributed by atoms with Crippen LogP contribution in [0, 0.1) is 0 Å². The van der Waals surface area contributed by atoms with E-state index in [1.807, 2.05) is 67.7 Å². The van der Waals surface area contributed by atoms with Crippen LogP contribution >= 0.6 is 27.5 Å². The molecule has 5 nitrogen and oxygen atoms in total. The Labute approximate surface area is 197 Å². The third-order valence-corrected chi connectivity index (χ3v) is 5.75. The number of fused-ring (bicyclic) bond motifs is 1. The Morgan fingerprint density at radius 2 is 2.06 bits per heavy atom. The molecular weight excluding hydrogens is 476 g/mol. The average molecular weight is 504 g/mol. The van der Waals surface area contributed by atoms with Crippen LogP contribution in [0.4, 0.5) is 0 Å². The zero-order valence-corrected chi connectivity index (χ0v) is 20.0. The van der Waals surface area contributed by atoms with Crippen molar-refractivity contribution in [2.75, 3.05) is 39.3 Å². The maximum atomic E-state index is 13.1. The minimum atomic E-state index is -0.0663. The van der Waals surface area contributed by atoms with Gasteiger partial charge >= 0.3 is 0 Å². The van der Waals surface area contributed by atoms with E-state index in [4.69, 9.17) is 11.6 Å². The van der Waals surface area contributed by atoms with E-state index in [0.717, 1.165) is 53.8 Å². The Balaban J connectivity index is 1.74. The molecule has 1 amide bonds. The number of amides is 1. The van der Waals surface area contributed by atoms with E-state index in [9.17, 15) is 4.79 Å². The Kier molecular flexibility index (Phi) is 9.15. The van der Waals surface area contributed by atoms with Gasteiger partial charge in [-0.3, -0.25) is 9.69 Å². The summed E-state index contributed by atoms with van der Waals surface area (Å²) >= 11 is 9.55. The molecule has 1 aliphatic heterocycles. The summed E-state index contributed by atoms with van der Waals surface area (Å²) in [5.41, 5.74) is 2.36. The fraction of sp³-hybridized carbons (Fsp3) is 0.292. The van der Waals surface area contributed by atoms with E-state index in [1.165, 1.54) is 0 Å². The maximum absolute atomic E-state index is 13.1. The number of carbonyl (C=O) groups excluding carboxylic acids is 1. The maximum Gasteiger partial charge on any atom is 0.254 e. The fourth-order valence-corrected chi connectivity index (χ4v) is 4.05. The summed E-state index contributed by atoms with van der Waals surface area (Å²) in [7, 11) is 0. The van der Waals surface area contributed by atoms with Crippen LogP contribution in [-0.4, -0.2) is 55.1 Å². The van der Waals surface area contributed by atoms with Crippen LogP contribution in [0.15, 0.2) is 64.2 Å². The van der Waals surface area contributed by atoms with Gasteiger partial charge in [-0.05, 0) is 37.3 Å². The van der Waals surface area contributed by atoms with Crippen LogP contribution in [0.25, 0.3) is 17.0 Å². The zero-order valence-electron chi connectivity index (χ0n) is 17.6. The summed E-state index contributed by atoms with van der Waals surface area (Å²) in [5.74, 6) is -0.0663. The van der Waals surface area contributed by atoms with Crippen molar-refractivity contribution in [2.45, 2.75) is 6.92 Å². The van der Waals surface area contributed by atoms with E-state index < -0.39 is 0 Å². The van der Waals surface area contributed by atoms with Gasteiger partial charge in [-0.25, -0.2) is 0 Å². The van der Waals surface area contributed by atoms with E-state index in [1.54, 1.807) is 0 Å². The van der Waals surface area contributed by atoms with Crippen molar-refractivity contribution < 1.29 is 4.79 Å². The average Bonchev–Trinajstić information content (AvgIpc) is 3.11. The van der Waals surface area contributed by atoms with Crippen LogP contribution < -0.4 is 10.6 Å². The first-order chi connectivity index (χ1) is 15.1. The summed E-state index contributed by atoms with van der Waals surface area (Å²) in [4.78, 5) is 18.8. The summed E-state index contributed by atoms with van der Waals surface area (Å²) < 4.78 is 0.964. The molecule has 1 aromatic carbocycles. The second-order valence-electron chi connectivity index (χ2n) is 7.25. The van der Waals surface area contributed by atoms with Crippen molar-refractivity contribution in [1.82, 2.24) is 20.5 Å². The number of halogens is 2. The Morgan fingerprint density at radius 1 is 1.26 bits per heavy atom. The Hall–Kier alpha value is -2.12. The molecule has 0 saturated carbocycles. The third kappa shape index (κ3) is 6.94. The number of aromatic amines is 1. The minimum absolute atomic E-state index is 0.0663. The van der Waals surface area contributed by atoms with E-state index in [-0.39, 0.29) is 5.91 Å². The second-order valence-corrected chi connectivity index (χ2v) is 8.60. The molecule has 0 bridgehead atoms. The lowest BCUT2D eigenvalue weighted by molar-refractivity contribution is 0.0949. The number of aromatic nitrogens is 1. The second kappa shape index (κ2) is 12.1. The highest BCUT2D eigenvalue weighted by Gasteiger charge is 2.17. The lowest BCUT2D eigenvalue weighted by atomic mass is 10.1. The molecule has 2 aromatic rings. The molecule has 0 radical (unpaired) electrons. The summed E-state index contributed by atoms with van der Waals surface area (Å²) in [6, 6.07) is 5.91. The lowest BCUT2D eigenvalue weighted by Crippen LogP contribution is -2.46. The number of hydrogen-bond acceptors (Lipinski definition) is 3. The molecule has 0 unspecified atom stereocenters. The highest BCUT2D eigenvalue weighted by molar-refractivity contribution is 9.10. The molecule has 1 fully saturated rings. The standard InChI is InChI=1S/C24H28BrClN4O/c1-2-6-19(26)7-4-3-5-8-21-23(20-10-9-18(25)17-22(20)29-21)24(31)28-13-16-30-14-11-27-12-15-30/h2-10,17,27,29H,11-16H2,1H3,(H,28,31)/b4-3+,6-2-,8-5+,19-7+. The number of rotatable bonds is 8. The Morgan fingerprint density at radius 3 is 2.84 bits per heavy atom. The number of benzene rings is 1. The molecule has 0 spiro atoms. The molecule has 1 saturated heterocycles. The number of allylic oxidation sites excluding steroid dienone is 7. The van der Waals surface area contributed by atoms with Gasteiger partial charge in [0, 0.05) is 59.7 Å². The highest BCUT2D eigenvalue weighted by atomic mass is 79.9. The fourth-order valence-electron chi connectivity index (χ4n) is 3.49. The van der Waals surface area contributed by atoms with Gasteiger partial charge in [0.05, 0.1) is 11.3 Å². The number of carbonyl (C=O) groups is 1. The first-order valence-electron chi connectivity index (χ1n) is 10.4. The van der Waals surface area contributed by atoms with Gasteiger partial charge in [0.2, 0.25) is 0 Å². The van der Waals surface area contributed by atoms with Gasteiger partial charge in [0.15, 0.2) is 0 Å². The van der Waals surface area contributed by atoms with Crippen LogP contribution in [0.5, 0.6) is 0 Å². The van der Waals surface area contributed by atoms with Gasteiger partial charge < -0.3 is 15.6 Å². The van der Waals surface area contributed by atoms with E-state index in [0.29, 0.717) is 17.1 Å². The van der Waals surface area contributed by atoms with Crippen molar-refractivity contribution in [3.63, 3.8) is 0 Å². The molecule has 3 N–H and O–H groups in total. The van der Waals surface area contributed by atoms with Gasteiger partial charge in [0.25, 0.3) is 5.91 Å². The quantitative estimate of drug-likeness (QED) is 0.452. The number of hydrogen-bond donors (Lipinski definition) is 3. The highest BCUT2D eigenvalue weighted by Crippen LogP contribution is 2.26. The van der Waals surface area contributed by atoms with Crippen LogP contribution in [0.1, 0.15) is 23.0 Å². The molecule has 164 valence electrons. The summed E-state index contributed by atoms with van der Waals surface area (Å²) in [6.07, 6.45) is 13.1. The topological polar surface area (TPSA) is 60.2 Å². The first-order valence-corrected chi connectivity index (χ1v) is 11.6. The molecule has 7 heteroatoms. The Bertz CT molecular complexity index is 1020. The first kappa shape index (κ1) is 23.5. The monoisotopic (exact) mass is 502 g/mol. The smallest absolute Gasteiger partial charge is 0.254 e. The van der Waals surface area contributed by atoms with Crippen LogP contribution in [0.2, 0.25) is 0 Å². The lowest BCUT2D eigenvalue weighted by Gasteiger charge is -2.27. The van der Waals surface area contributed by atoms with Crippen molar-refractivity contribution >= 4 is 50.4 Å². The van der Waals surface area contributed by atoms with Crippen molar-refractivity contribution in [2.24, 2.45) is 0 Å². The van der Waals surface area contributed by atoms with E-state index in [2.05, 4.69) is 36.4 Å². The van der Waals surface area contributed by atoms with Gasteiger partial charge in [-0.15, -0.1) is 0 Å². The van der Waals surface area contributed by atoms with Crippen molar-refractivity contribution in [3.05, 3.63) is 75.4 Å². The number of piperazine rings is 1. The predicted octanol–water partition coefficient (Wildman–Crippen LogP) is 4.83. The molecular formula is C24H28BrClN4O. The predicted molar refractivity (Wildman–Crippen MR) is 135 cm³/mol. The van der Waals surface area contributed by atoms with Gasteiger partial charge in [-0.2, -0.15) is 0 Å². The summed E-state index contributed by atoms with van der Waals surface area (Å²) in [5, 5.41) is 8.00. The molecule has 2 heterocycles. The normalized spacial score (nSPS) is 16.3. The van der Waals surface area contributed by atoms with Gasteiger partial charge in [-0.1, -0.05) is 57.9 Å². The zero-order chi connectivity index (χ0) is 22.1. The molecule has 0 atom stereocenters.